The Kier molecular flexibility index (Phi) is 6.54. The zero-order valence-electron chi connectivity index (χ0n) is 15.9. The first-order chi connectivity index (χ1) is 13.5. The number of anilines is 2. The second-order valence-electron chi connectivity index (χ2n) is 6.07. The number of nitrogens with one attached hydrogen (secondary N) is 1. The van der Waals surface area contributed by atoms with Crippen LogP contribution in [0.5, 0.6) is 5.75 Å². The van der Waals surface area contributed by atoms with Crippen molar-refractivity contribution in [1.29, 1.82) is 0 Å². The van der Waals surface area contributed by atoms with E-state index in [-0.39, 0.29) is 22.9 Å². The third-order valence-electron chi connectivity index (χ3n) is 3.88. The summed E-state index contributed by atoms with van der Waals surface area (Å²) >= 11 is 0. The van der Waals surface area contributed by atoms with E-state index in [4.69, 9.17) is 4.74 Å². The highest BCUT2D eigenvalue weighted by atomic mass is 32.2. The lowest BCUT2D eigenvalue weighted by Gasteiger charge is -2.23. The van der Waals surface area contributed by atoms with Gasteiger partial charge in [0.1, 0.15) is 18.0 Å². The maximum Gasteiger partial charge on any atom is 0.271 e. The van der Waals surface area contributed by atoms with Crippen molar-refractivity contribution in [3.8, 4) is 5.75 Å². The van der Waals surface area contributed by atoms with Gasteiger partial charge >= 0.3 is 0 Å². The molecule has 0 spiro atoms. The van der Waals surface area contributed by atoms with E-state index >= 15 is 0 Å². The van der Waals surface area contributed by atoms with E-state index in [1.807, 2.05) is 0 Å². The summed E-state index contributed by atoms with van der Waals surface area (Å²) in [6, 6.07) is 9.58. The van der Waals surface area contributed by atoms with Crippen molar-refractivity contribution in [1.82, 2.24) is 0 Å². The number of ether oxygens (including phenoxy) is 1. The van der Waals surface area contributed by atoms with Crippen molar-refractivity contribution in [3.05, 3.63) is 58.1 Å². The van der Waals surface area contributed by atoms with E-state index < -0.39 is 27.4 Å². The van der Waals surface area contributed by atoms with Crippen LogP contribution in [0.15, 0.2) is 42.5 Å². The fourth-order valence-electron chi connectivity index (χ4n) is 2.51. The largest absolute Gasteiger partial charge is 0.495 e. The molecule has 1 amide bonds. The highest BCUT2D eigenvalue weighted by Gasteiger charge is 2.26. The van der Waals surface area contributed by atoms with Gasteiger partial charge in [0, 0.05) is 23.4 Å². The van der Waals surface area contributed by atoms with Gasteiger partial charge in [0.15, 0.2) is 5.78 Å². The number of nitrogens with zero attached hydrogens (tertiary/aromatic N) is 2. The van der Waals surface area contributed by atoms with Gasteiger partial charge in [-0.1, -0.05) is 12.1 Å². The first-order valence-corrected chi connectivity index (χ1v) is 10.1. The summed E-state index contributed by atoms with van der Waals surface area (Å²) in [5.74, 6) is -0.850. The molecule has 0 aliphatic rings. The van der Waals surface area contributed by atoms with Crippen LogP contribution in [0.2, 0.25) is 0 Å². The van der Waals surface area contributed by atoms with Gasteiger partial charge in [-0.3, -0.25) is 24.0 Å². The molecule has 0 atom stereocenters. The molecule has 1 N–H and O–H groups in total. The van der Waals surface area contributed by atoms with Crippen molar-refractivity contribution >= 4 is 38.8 Å². The quantitative estimate of drug-likeness (QED) is 0.392. The number of sulfonamides is 1. The predicted octanol–water partition coefficient (Wildman–Crippen LogP) is 2.21. The lowest BCUT2D eigenvalue weighted by atomic mass is 10.1. The molecule has 10 nitrogen and oxygen atoms in total. The molecule has 0 aromatic heterocycles. The summed E-state index contributed by atoms with van der Waals surface area (Å²) in [5.41, 5.74) is 0.186. The van der Waals surface area contributed by atoms with Crippen molar-refractivity contribution in [2.45, 2.75) is 6.92 Å². The van der Waals surface area contributed by atoms with Gasteiger partial charge in [0.05, 0.1) is 18.3 Å². The molecular weight excluding hydrogens is 402 g/mol. The molecule has 0 fully saturated rings. The van der Waals surface area contributed by atoms with E-state index in [0.29, 0.717) is 15.6 Å². The number of carbonyl (C=O) groups is 2. The Morgan fingerprint density at radius 3 is 2.45 bits per heavy atom. The van der Waals surface area contributed by atoms with Gasteiger partial charge in [0.2, 0.25) is 15.9 Å². The Bertz CT molecular complexity index is 1070. The van der Waals surface area contributed by atoms with Gasteiger partial charge in [0.25, 0.3) is 5.69 Å². The smallest absolute Gasteiger partial charge is 0.271 e. The SMILES string of the molecule is COc1ccc([N+](=O)[O-])cc1N(CC(=O)Nc1cccc(C(C)=O)c1)S(C)(=O)=O. The van der Waals surface area contributed by atoms with Gasteiger partial charge in [-0.2, -0.15) is 0 Å². The molecule has 154 valence electrons. The molecule has 2 aromatic carbocycles. The first-order valence-electron chi connectivity index (χ1n) is 8.24. The number of hydrogen-bond acceptors (Lipinski definition) is 7. The molecule has 0 saturated heterocycles. The summed E-state index contributed by atoms with van der Waals surface area (Å²) in [7, 11) is -2.71. The van der Waals surface area contributed by atoms with Crippen molar-refractivity contribution in [3.63, 3.8) is 0 Å². The number of Topliss-reactive ketones (excluding diaryl/α,β-unsaturated/α-hetero) is 1. The molecule has 0 radical (unpaired) electrons. The zero-order chi connectivity index (χ0) is 21.8. The minimum absolute atomic E-state index is 0.0485. The molecular formula is C18H19N3O7S. The maximum absolute atomic E-state index is 12.5. The number of hydrogen-bond donors (Lipinski definition) is 1. The van der Waals surface area contributed by atoms with Crippen LogP contribution in [0.4, 0.5) is 17.1 Å². The van der Waals surface area contributed by atoms with Crippen molar-refractivity contribution in [2.75, 3.05) is 29.5 Å². The molecule has 0 aliphatic carbocycles. The molecule has 0 aliphatic heterocycles. The van der Waals surface area contributed by atoms with Crippen LogP contribution in [0, 0.1) is 10.1 Å². The van der Waals surface area contributed by atoms with E-state index in [1.54, 1.807) is 18.2 Å². The minimum atomic E-state index is -3.99. The summed E-state index contributed by atoms with van der Waals surface area (Å²) in [6.07, 6.45) is 0.870. The Morgan fingerprint density at radius 1 is 1.21 bits per heavy atom. The van der Waals surface area contributed by atoms with Crippen LogP contribution in [0.1, 0.15) is 17.3 Å². The topological polar surface area (TPSA) is 136 Å². The zero-order valence-corrected chi connectivity index (χ0v) is 16.7. The molecule has 2 rings (SSSR count). The number of methoxy groups -OCH3 is 1. The Morgan fingerprint density at radius 2 is 1.90 bits per heavy atom. The second-order valence-corrected chi connectivity index (χ2v) is 7.97. The number of non-ortho nitro benzene ring substituents is 1. The van der Waals surface area contributed by atoms with E-state index in [2.05, 4.69) is 5.32 Å². The number of benzene rings is 2. The van der Waals surface area contributed by atoms with Crippen LogP contribution < -0.4 is 14.4 Å². The fraction of sp³-hybridized carbons (Fsp3) is 0.222. The number of nitro benzene ring substituents is 1. The van der Waals surface area contributed by atoms with Crippen LogP contribution in [-0.4, -0.2) is 44.9 Å². The number of amides is 1. The Balaban J connectivity index is 2.37. The first kappa shape index (κ1) is 21.8. The van der Waals surface area contributed by atoms with E-state index in [9.17, 15) is 28.1 Å². The van der Waals surface area contributed by atoms with Crippen LogP contribution in [-0.2, 0) is 14.8 Å². The van der Waals surface area contributed by atoms with E-state index in [0.717, 1.165) is 18.4 Å². The molecule has 0 saturated carbocycles. The van der Waals surface area contributed by atoms with Gasteiger partial charge in [-0.05, 0) is 25.1 Å². The molecule has 11 heteroatoms. The standard InChI is InChI=1S/C18H19N3O7S/c1-12(22)13-5-4-6-14(9-13)19-18(23)11-20(29(3,26)27)16-10-15(21(24)25)7-8-17(16)28-2/h4-10H,11H2,1-3H3,(H,19,23). The molecule has 0 heterocycles. The summed E-state index contributed by atoms with van der Waals surface area (Å²) < 4.78 is 30.4. The van der Waals surface area contributed by atoms with Crippen LogP contribution in [0.3, 0.4) is 0 Å². The fourth-order valence-corrected chi connectivity index (χ4v) is 3.37. The average Bonchev–Trinajstić information content (AvgIpc) is 2.64. The average molecular weight is 421 g/mol. The number of ketones is 1. The highest BCUT2D eigenvalue weighted by molar-refractivity contribution is 7.92. The Labute approximate surface area is 167 Å². The number of nitro groups is 1. The van der Waals surface area contributed by atoms with Crippen LogP contribution >= 0.6 is 0 Å². The third kappa shape index (κ3) is 5.51. The molecule has 0 bridgehead atoms. The predicted molar refractivity (Wildman–Crippen MR) is 107 cm³/mol. The number of carbonyl (C=O) groups excluding carboxylic acids is 2. The molecule has 29 heavy (non-hydrogen) atoms. The van der Waals surface area contributed by atoms with Gasteiger partial charge in [-0.25, -0.2) is 8.42 Å². The normalized spacial score (nSPS) is 10.9. The summed E-state index contributed by atoms with van der Waals surface area (Å²) in [4.78, 5) is 34.3. The summed E-state index contributed by atoms with van der Waals surface area (Å²) in [5, 5.41) is 13.6. The summed E-state index contributed by atoms with van der Waals surface area (Å²) in [6.45, 7) is 0.724. The van der Waals surface area contributed by atoms with Gasteiger partial charge < -0.3 is 10.1 Å². The number of rotatable bonds is 8. The van der Waals surface area contributed by atoms with Crippen LogP contribution in [0.25, 0.3) is 0 Å². The van der Waals surface area contributed by atoms with Gasteiger partial charge in [-0.15, -0.1) is 0 Å². The molecule has 0 unspecified atom stereocenters. The highest BCUT2D eigenvalue weighted by Crippen LogP contribution is 2.33. The molecule has 2 aromatic rings. The monoisotopic (exact) mass is 421 g/mol. The maximum atomic E-state index is 12.5. The Hall–Kier alpha value is -3.47. The third-order valence-corrected chi connectivity index (χ3v) is 5.01. The lowest BCUT2D eigenvalue weighted by molar-refractivity contribution is -0.384. The second kappa shape index (κ2) is 8.69. The lowest BCUT2D eigenvalue weighted by Crippen LogP contribution is -2.37. The van der Waals surface area contributed by atoms with E-state index in [1.165, 1.54) is 26.2 Å². The van der Waals surface area contributed by atoms with Crippen molar-refractivity contribution < 1.29 is 27.7 Å². The van der Waals surface area contributed by atoms with Crippen molar-refractivity contribution in [2.24, 2.45) is 0 Å². The minimum Gasteiger partial charge on any atom is -0.495 e.